The van der Waals surface area contributed by atoms with Crippen LogP contribution in [0, 0.1) is 5.92 Å². The normalized spacial score (nSPS) is 15.6. The Kier molecular flexibility index (Phi) is 9.81. The summed E-state index contributed by atoms with van der Waals surface area (Å²) in [6.07, 6.45) is 0.226. The third kappa shape index (κ3) is 6.88. The molecule has 198 valence electrons. The molecule has 38 heavy (non-hydrogen) atoms. The Balaban J connectivity index is 1.59. The Morgan fingerprint density at radius 3 is 2.00 bits per heavy atom. The molecule has 0 saturated carbocycles. The van der Waals surface area contributed by atoms with E-state index in [4.69, 9.17) is 12.6 Å². The second-order valence-corrected chi connectivity index (χ2v) is 9.36. The Morgan fingerprint density at radius 2 is 1.50 bits per heavy atom. The molecule has 1 saturated heterocycles. The summed E-state index contributed by atoms with van der Waals surface area (Å²) >= 11 is 0. The molecular weight excluding hydrogens is 487 g/mol. The number of carbonyl (C=O) groups excluding carboxylic acids is 5. The van der Waals surface area contributed by atoms with Crippen molar-refractivity contribution in [3.8, 4) is 11.1 Å². The third-order valence-corrected chi connectivity index (χ3v) is 6.48. The number of methoxy groups -OCH3 is 1. The fourth-order valence-electron chi connectivity index (χ4n) is 4.28. The first-order valence-corrected chi connectivity index (χ1v) is 12.4. The Labute approximate surface area is 223 Å². The molecule has 1 fully saturated rings. The number of rotatable bonds is 10. The van der Waals surface area contributed by atoms with Crippen molar-refractivity contribution < 1.29 is 33.4 Å². The molecular formula is C28H31BN2O7. The first kappa shape index (κ1) is 28.6. The highest BCUT2D eigenvalue weighted by Gasteiger charge is 2.39. The molecule has 2 aromatic rings. The summed E-state index contributed by atoms with van der Waals surface area (Å²) < 4.78 is 9.90. The molecule has 0 bridgehead atoms. The fraction of sp³-hybridized carbons (Fsp3) is 0.393. The molecule has 0 unspecified atom stereocenters. The largest absolute Gasteiger partial charge is 0.456 e. The number of hydrogen-bond acceptors (Lipinski definition) is 7. The third-order valence-electron chi connectivity index (χ3n) is 6.48. The molecule has 2 atom stereocenters. The summed E-state index contributed by atoms with van der Waals surface area (Å²) in [5.41, 5.74) is 2.63. The van der Waals surface area contributed by atoms with Crippen molar-refractivity contribution >= 4 is 37.4 Å². The van der Waals surface area contributed by atoms with Gasteiger partial charge < -0.3 is 19.7 Å². The molecule has 2 amide bonds. The number of nitrogens with zero attached hydrogens (tertiary/aromatic N) is 1. The number of alkyl carbamates (subject to hydrolysis) is 1. The van der Waals surface area contributed by atoms with E-state index in [1.165, 1.54) is 12.0 Å². The van der Waals surface area contributed by atoms with Gasteiger partial charge >= 0.3 is 12.1 Å². The second kappa shape index (κ2) is 13.0. The number of ether oxygens (including phenoxy) is 2. The first-order chi connectivity index (χ1) is 18.2. The van der Waals surface area contributed by atoms with Crippen LogP contribution in [0.3, 0.4) is 0 Å². The van der Waals surface area contributed by atoms with Crippen LogP contribution < -0.4 is 5.32 Å². The van der Waals surface area contributed by atoms with Gasteiger partial charge in [0.2, 0.25) is 5.91 Å². The number of benzene rings is 2. The van der Waals surface area contributed by atoms with Gasteiger partial charge in [0.05, 0.1) is 15.0 Å². The molecule has 1 heterocycles. The van der Waals surface area contributed by atoms with Crippen LogP contribution in [0.15, 0.2) is 48.5 Å². The van der Waals surface area contributed by atoms with Crippen molar-refractivity contribution in [3.63, 3.8) is 0 Å². The Hall–Kier alpha value is -3.95. The van der Waals surface area contributed by atoms with Crippen LogP contribution in [-0.2, 0) is 19.1 Å². The van der Waals surface area contributed by atoms with Crippen molar-refractivity contribution in [2.75, 3.05) is 20.3 Å². The maximum absolute atomic E-state index is 13.1. The van der Waals surface area contributed by atoms with Gasteiger partial charge in [-0.05, 0) is 36.2 Å². The predicted octanol–water partition coefficient (Wildman–Crippen LogP) is 3.22. The van der Waals surface area contributed by atoms with Crippen LogP contribution in [0.1, 0.15) is 47.4 Å². The van der Waals surface area contributed by atoms with Crippen molar-refractivity contribution in [1.82, 2.24) is 10.2 Å². The molecule has 2 aromatic carbocycles. The molecule has 1 N–H and O–H groups in total. The number of likely N-dealkylation sites (tertiary alicyclic amines) is 1. The molecule has 0 aromatic heterocycles. The average molecular weight is 518 g/mol. The highest BCUT2D eigenvalue weighted by Crippen LogP contribution is 2.23. The van der Waals surface area contributed by atoms with Gasteiger partial charge in [-0.2, -0.15) is 0 Å². The minimum atomic E-state index is -0.853. The Morgan fingerprint density at radius 1 is 0.947 bits per heavy atom. The lowest BCUT2D eigenvalue weighted by atomic mass is 9.94. The quantitative estimate of drug-likeness (QED) is 0.292. The minimum Gasteiger partial charge on any atom is -0.456 e. The van der Waals surface area contributed by atoms with Gasteiger partial charge in [0.1, 0.15) is 12.1 Å². The van der Waals surface area contributed by atoms with E-state index >= 15 is 0 Å². The maximum atomic E-state index is 13.1. The number of esters is 1. The van der Waals surface area contributed by atoms with Crippen molar-refractivity contribution in [3.05, 3.63) is 59.7 Å². The number of nitrogens with one attached hydrogen (secondary N) is 1. The number of carbonyl (C=O) groups is 5. The number of ketones is 2. The SMILES string of the molecule is [B]CC(=O)c1ccc(-c2ccc(C(=O)COC(=O)[C@@H]3CCCN3C(=O)[C@@H](NC(=O)OC)C(C)C)cc2)cc1. The van der Waals surface area contributed by atoms with E-state index in [1.807, 2.05) is 0 Å². The van der Waals surface area contributed by atoms with Crippen LogP contribution in [0.5, 0.6) is 0 Å². The second-order valence-electron chi connectivity index (χ2n) is 9.36. The van der Waals surface area contributed by atoms with Gasteiger partial charge in [-0.25, -0.2) is 9.59 Å². The van der Waals surface area contributed by atoms with Gasteiger partial charge in [0.15, 0.2) is 18.2 Å². The zero-order valence-corrected chi connectivity index (χ0v) is 21.8. The smallest absolute Gasteiger partial charge is 0.407 e. The summed E-state index contributed by atoms with van der Waals surface area (Å²) in [4.78, 5) is 63.3. The summed E-state index contributed by atoms with van der Waals surface area (Å²) in [5.74, 6) is -1.80. The molecule has 1 aliphatic rings. The highest BCUT2D eigenvalue weighted by molar-refractivity contribution is 6.24. The number of Topliss-reactive ketones (excluding diaryl/α,β-unsaturated/α-hetero) is 2. The summed E-state index contributed by atoms with van der Waals surface area (Å²) in [5, 5.41) is 2.52. The van der Waals surface area contributed by atoms with E-state index in [1.54, 1.807) is 62.4 Å². The summed E-state index contributed by atoms with van der Waals surface area (Å²) in [6.45, 7) is 3.45. The van der Waals surface area contributed by atoms with Crippen LogP contribution in [-0.4, -0.2) is 74.6 Å². The zero-order chi connectivity index (χ0) is 27.8. The van der Waals surface area contributed by atoms with Gasteiger partial charge in [-0.15, -0.1) is 0 Å². The molecule has 9 nitrogen and oxygen atoms in total. The highest BCUT2D eigenvalue weighted by atomic mass is 16.5. The maximum Gasteiger partial charge on any atom is 0.407 e. The monoisotopic (exact) mass is 518 g/mol. The van der Waals surface area contributed by atoms with E-state index in [0.29, 0.717) is 30.5 Å². The standard InChI is InChI=1S/C28H31BN2O7/c1-17(2)25(30-28(36)37-3)26(34)31-14-4-5-22(31)27(35)38-16-24(33)21-12-8-19(9-13-21)18-6-10-20(11-7-18)23(32)15-29/h6-13,17,22,25H,4-5,14-16H2,1-3H3,(H,30,36)/t22-,25-/m0/s1. The van der Waals surface area contributed by atoms with E-state index < -0.39 is 36.7 Å². The minimum absolute atomic E-state index is 0.0547. The lowest BCUT2D eigenvalue weighted by Crippen LogP contribution is -2.54. The van der Waals surface area contributed by atoms with E-state index in [-0.39, 0.29) is 23.8 Å². The van der Waals surface area contributed by atoms with Gasteiger partial charge in [0, 0.05) is 17.7 Å². The molecule has 0 spiro atoms. The fourth-order valence-corrected chi connectivity index (χ4v) is 4.28. The molecule has 2 radical (unpaired) electrons. The first-order valence-electron chi connectivity index (χ1n) is 12.4. The van der Waals surface area contributed by atoms with Crippen LogP contribution in [0.2, 0.25) is 6.32 Å². The predicted molar refractivity (Wildman–Crippen MR) is 141 cm³/mol. The number of hydrogen-bond donors (Lipinski definition) is 1. The lowest BCUT2D eigenvalue weighted by molar-refractivity contribution is -0.153. The van der Waals surface area contributed by atoms with Crippen molar-refractivity contribution in [2.45, 2.75) is 45.1 Å². The molecule has 1 aliphatic heterocycles. The summed E-state index contributed by atoms with van der Waals surface area (Å²) in [6, 6.07) is 12.2. The van der Waals surface area contributed by atoms with Crippen molar-refractivity contribution in [1.29, 1.82) is 0 Å². The topological polar surface area (TPSA) is 119 Å². The van der Waals surface area contributed by atoms with Gasteiger partial charge in [-0.1, -0.05) is 62.4 Å². The van der Waals surface area contributed by atoms with Crippen LogP contribution in [0.4, 0.5) is 4.79 Å². The van der Waals surface area contributed by atoms with Gasteiger partial charge in [-0.3, -0.25) is 14.4 Å². The summed E-state index contributed by atoms with van der Waals surface area (Å²) in [7, 11) is 6.60. The zero-order valence-electron chi connectivity index (χ0n) is 21.8. The lowest BCUT2D eigenvalue weighted by Gasteiger charge is -2.29. The molecule has 10 heteroatoms. The number of amides is 2. The van der Waals surface area contributed by atoms with Crippen LogP contribution in [0.25, 0.3) is 11.1 Å². The molecule has 3 rings (SSSR count). The van der Waals surface area contributed by atoms with E-state index in [0.717, 1.165) is 11.1 Å². The average Bonchev–Trinajstić information content (AvgIpc) is 3.43. The Bertz CT molecular complexity index is 1180. The van der Waals surface area contributed by atoms with E-state index in [9.17, 15) is 24.0 Å². The molecule has 0 aliphatic carbocycles. The van der Waals surface area contributed by atoms with E-state index in [2.05, 4.69) is 10.1 Å². The van der Waals surface area contributed by atoms with Crippen LogP contribution >= 0.6 is 0 Å². The van der Waals surface area contributed by atoms with Crippen molar-refractivity contribution in [2.24, 2.45) is 5.92 Å². The van der Waals surface area contributed by atoms with Gasteiger partial charge in [0.25, 0.3) is 0 Å².